The van der Waals surface area contributed by atoms with E-state index in [4.69, 9.17) is 16.3 Å². The Kier molecular flexibility index (Phi) is 7.07. The van der Waals surface area contributed by atoms with Crippen LogP contribution < -0.4 is 15.0 Å². The second kappa shape index (κ2) is 9.53. The number of anilines is 1. The van der Waals surface area contributed by atoms with Crippen molar-refractivity contribution in [2.75, 3.05) is 24.6 Å². The molecule has 1 saturated heterocycles. The predicted molar refractivity (Wildman–Crippen MR) is 120 cm³/mol. The molecule has 1 aliphatic rings. The predicted octanol–water partition coefficient (Wildman–Crippen LogP) is 5.45. The van der Waals surface area contributed by atoms with Crippen molar-refractivity contribution in [2.24, 2.45) is 5.92 Å². The lowest BCUT2D eigenvalue weighted by atomic mass is 9.98. The number of benzene rings is 2. The molecule has 1 amide bonds. The Hall–Kier alpha value is -2.20. The summed E-state index contributed by atoms with van der Waals surface area (Å²) in [6, 6.07) is 12.2. The van der Waals surface area contributed by atoms with Gasteiger partial charge in [0.2, 0.25) is 0 Å². The summed E-state index contributed by atoms with van der Waals surface area (Å²) in [6.07, 6.45) is 2.50. The number of rotatable bonds is 6. The zero-order valence-electron chi connectivity index (χ0n) is 17.8. The van der Waals surface area contributed by atoms with E-state index >= 15 is 0 Å². The SMILES string of the molecule is Cc1cc(OCC(=O)N[C@@H](C)c2ccc(N3CCC(C)CC3)cc2)cc(C)c1Cl. The lowest BCUT2D eigenvalue weighted by Crippen LogP contribution is -2.33. The maximum atomic E-state index is 12.3. The third-order valence-electron chi connectivity index (χ3n) is 5.70. The fraction of sp³-hybridized carbons (Fsp3) is 0.458. The normalized spacial score (nSPS) is 15.8. The van der Waals surface area contributed by atoms with Crippen LogP contribution in [0.2, 0.25) is 5.02 Å². The van der Waals surface area contributed by atoms with E-state index in [9.17, 15) is 4.79 Å². The molecule has 2 aromatic carbocycles. The highest BCUT2D eigenvalue weighted by atomic mass is 35.5. The van der Waals surface area contributed by atoms with E-state index in [1.54, 1.807) is 0 Å². The number of hydrogen-bond donors (Lipinski definition) is 1. The lowest BCUT2D eigenvalue weighted by Gasteiger charge is -2.32. The van der Waals surface area contributed by atoms with Gasteiger partial charge in [0, 0.05) is 23.8 Å². The summed E-state index contributed by atoms with van der Waals surface area (Å²) in [5.74, 6) is 1.34. The van der Waals surface area contributed by atoms with Crippen LogP contribution in [0.25, 0.3) is 0 Å². The van der Waals surface area contributed by atoms with Gasteiger partial charge in [-0.1, -0.05) is 30.7 Å². The van der Waals surface area contributed by atoms with Gasteiger partial charge in [0.1, 0.15) is 5.75 Å². The molecule has 156 valence electrons. The number of aryl methyl sites for hydroxylation is 2. The molecular formula is C24H31ClN2O2. The molecule has 0 saturated carbocycles. The fourth-order valence-electron chi connectivity index (χ4n) is 3.75. The number of carbonyl (C=O) groups is 1. The Morgan fingerprint density at radius 2 is 1.76 bits per heavy atom. The molecule has 5 heteroatoms. The standard InChI is InChI=1S/C24H31ClN2O2/c1-16-9-11-27(12-10-16)21-7-5-20(6-8-21)19(4)26-23(28)15-29-22-13-17(2)24(25)18(3)14-22/h5-8,13-14,16,19H,9-12,15H2,1-4H3,(H,26,28)/t19-/m0/s1. The Morgan fingerprint density at radius 1 is 1.17 bits per heavy atom. The maximum Gasteiger partial charge on any atom is 0.258 e. The summed E-state index contributed by atoms with van der Waals surface area (Å²) in [5.41, 5.74) is 4.24. The van der Waals surface area contributed by atoms with E-state index in [2.05, 4.69) is 41.4 Å². The van der Waals surface area contributed by atoms with E-state index in [1.807, 2.05) is 32.9 Å². The molecule has 0 spiro atoms. The zero-order valence-corrected chi connectivity index (χ0v) is 18.6. The largest absolute Gasteiger partial charge is 0.484 e. The highest BCUT2D eigenvalue weighted by molar-refractivity contribution is 6.32. The van der Waals surface area contributed by atoms with E-state index in [0.717, 1.165) is 40.7 Å². The van der Waals surface area contributed by atoms with Crippen molar-refractivity contribution >= 4 is 23.2 Å². The van der Waals surface area contributed by atoms with Crippen LogP contribution in [0.4, 0.5) is 5.69 Å². The first-order chi connectivity index (χ1) is 13.8. The summed E-state index contributed by atoms with van der Waals surface area (Å²) in [7, 11) is 0. The van der Waals surface area contributed by atoms with Gasteiger partial charge in [-0.2, -0.15) is 0 Å². The summed E-state index contributed by atoms with van der Waals surface area (Å²) < 4.78 is 5.65. The maximum absolute atomic E-state index is 12.3. The van der Waals surface area contributed by atoms with Crippen molar-refractivity contribution in [1.29, 1.82) is 0 Å². The summed E-state index contributed by atoms with van der Waals surface area (Å²) in [4.78, 5) is 14.8. The highest BCUT2D eigenvalue weighted by Gasteiger charge is 2.17. The van der Waals surface area contributed by atoms with Crippen LogP contribution in [0.3, 0.4) is 0 Å². The number of hydrogen-bond acceptors (Lipinski definition) is 3. The Morgan fingerprint density at radius 3 is 2.34 bits per heavy atom. The molecule has 0 radical (unpaired) electrons. The van der Waals surface area contributed by atoms with Crippen LogP contribution in [0, 0.1) is 19.8 Å². The number of nitrogens with zero attached hydrogens (tertiary/aromatic N) is 1. The molecule has 0 unspecified atom stereocenters. The molecular weight excluding hydrogens is 384 g/mol. The molecule has 1 fully saturated rings. The first-order valence-corrected chi connectivity index (χ1v) is 10.7. The number of ether oxygens (including phenoxy) is 1. The van der Waals surface area contributed by atoms with Crippen LogP contribution in [-0.2, 0) is 4.79 Å². The van der Waals surface area contributed by atoms with E-state index in [1.165, 1.54) is 18.5 Å². The zero-order chi connectivity index (χ0) is 21.0. The summed E-state index contributed by atoms with van der Waals surface area (Å²) >= 11 is 6.18. The van der Waals surface area contributed by atoms with Gasteiger partial charge >= 0.3 is 0 Å². The monoisotopic (exact) mass is 414 g/mol. The third-order valence-corrected chi connectivity index (χ3v) is 6.30. The fourth-order valence-corrected chi connectivity index (χ4v) is 3.85. The second-order valence-electron chi connectivity index (χ2n) is 8.21. The molecule has 4 nitrogen and oxygen atoms in total. The van der Waals surface area contributed by atoms with Gasteiger partial charge in [-0.25, -0.2) is 0 Å². The number of halogens is 1. The molecule has 1 N–H and O–H groups in total. The van der Waals surface area contributed by atoms with Crippen LogP contribution in [0.5, 0.6) is 5.75 Å². The Bertz CT molecular complexity index is 819. The van der Waals surface area contributed by atoms with Crippen LogP contribution in [-0.4, -0.2) is 25.6 Å². The van der Waals surface area contributed by atoms with Gasteiger partial charge in [-0.3, -0.25) is 4.79 Å². The van der Waals surface area contributed by atoms with Gasteiger partial charge in [0.05, 0.1) is 6.04 Å². The van der Waals surface area contributed by atoms with Gasteiger partial charge in [0.15, 0.2) is 6.61 Å². The van der Waals surface area contributed by atoms with Crippen molar-refractivity contribution in [2.45, 2.75) is 46.6 Å². The summed E-state index contributed by atoms with van der Waals surface area (Å²) in [5, 5.41) is 3.74. The van der Waals surface area contributed by atoms with Gasteiger partial charge in [0.25, 0.3) is 5.91 Å². The summed E-state index contributed by atoms with van der Waals surface area (Å²) in [6.45, 7) is 10.4. The molecule has 1 aliphatic heterocycles. The number of nitrogens with one attached hydrogen (secondary N) is 1. The molecule has 0 bridgehead atoms. The van der Waals surface area contributed by atoms with Gasteiger partial charge in [-0.05, 0) is 80.5 Å². The van der Waals surface area contributed by atoms with Crippen LogP contribution >= 0.6 is 11.6 Å². The van der Waals surface area contributed by atoms with Crippen molar-refractivity contribution in [1.82, 2.24) is 5.32 Å². The first-order valence-electron chi connectivity index (χ1n) is 10.4. The van der Waals surface area contributed by atoms with Crippen molar-refractivity contribution in [3.63, 3.8) is 0 Å². The molecule has 2 aromatic rings. The third kappa shape index (κ3) is 5.66. The minimum Gasteiger partial charge on any atom is -0.484 e. The minimum atomic E-state index is -0.142. The van der Waals surface area contributed by atoms with Crippen LogP contribution in [0.15, 0.2) is 36.4 Å². The smallest absolute Gasteiger partial charge is 0.258 e. The van der Waals surface area contributed by atoms with Crippen molar-refractivity contribution in [3.8, 4) is 5.75 Å². The molecule has 0 aromatic heterocycles. The van der Waals surface area contributed by atoms with E-state index in [0.29, 0.717) is 5.75 Å². The molecule has 3 rings (SSSR count). The van der Waals surface area contributed by atoms with E-state index in [-0.39, 0.29) is 18.6 Å². The van der Waals surface area contributed by atoms with E-state index < -0.39 is 0 Å². The van der Waals surface area contributed by atoms with Crippen molar-refractivity contribution < 1.29 is 9.53 Å². The molecule has 1 heterocycles. The van der Waals surface area contributed by atoms with Crippen LogP contribution in [0.1, 0.15) is 49.4 Å². The molecule has 1 atom stereocenters. The average Bonchev–Trinajstić information content (AvgIpc) is 2.71. The number of amides is 1. The quantitative estimate of drug-likeness (QED) is 0.683. The highest BCUT2D eigenvalue weighted by Crippen LogP contribution is 2.26. The topological polar surface area (TPSA) is 41.6 Å². The first kappa shape index (κ1) is 21.5. The average molecular weight is 415 g/mol. The number of carbonyl (C=O) groups excluding carboxylic acids is 1. The molecule has 29 heavy (non-hydrogen) atoms. The Balaban J connectivity index is 1.51. The second-order valence-corrected chi connectivity index (χ2v) is 8.59. The Labute approximate surface area is 179 Å². The lowest BCUT2D eigenvalue weighted by molar-refractivity contribution is -0.123. The van der Waals surface area contributed by atoms with Gasteiger partial charge in [-0.15, -0.1) is 0 Å². The minimum absolute atomic E-state index is 0.0190. The van der Waals surface area contributed by atoms with Gasteiger partial charge < -0.3 is 15.0 Å². The molecule has 0 aliphatic carbocycles. The van der Waals surface area contributed by atoms with Crippen molar-refractivity contribution in [3.05, 3.63) is 58.1 Å². The number of piperidine rings is 1.